The first-order chi connectivity index (χ1) is 7.04. The molecule has 2 heteroatoms. The molecule has 0 spiro atoms. The van der Waals surface area contributed by atoms with Gasteiger partial charge in [-0.1, -0.05) is 19.8 Å². The van der Waals surface area contributed by atoms with Gasteiger partial charge >= 0.3 is 0 Å². The van der Waals surface area contributed by atoms with Crippen molar-refractivity contribution in [2.75, 3.05) is 6.54 Å². The highest BCUT2D eigenvalue weighted by Gasteiger charge is 2.39. The normalized spacial score (nSPS) is 38.3. The smallest absolute Gasteiger partial charge is 0.0663 e. The molecule has 1 saturated carbocycles. The molecule has 1 rings (SSSR count). The van der Waals surface area contributed by atoms with E-state index in [9.17, 15) is 0 Å². The van der Waals surface area contributed by atoms with E-state index in [4.69, 9.17) is 12.2 Å². The molecule has 0 aromatic heterocycles. The lowest BCUT2D eigenvalue weighted by Crippen LogP contribution is -2.60. The fraction of sp³-hybridized carbons (Fsp3) is 0.846. The minimum atomic E-state index is 0.0678. The van der Waals surface area contributed by atoms with Crippen LogP contribution in [0.2, 0.25) is 0 Å². The van der Waals surface area contributed by atoms with Crippen LogP contribution in [0.5, 0.6) is 0 Å². The van der Waals surface area contributed by atoms with Gasteiger partial charge in [-0.3, -0.25) is 5.32 Å². The van der Waals surface area contributed by atoms with Crippen molar-refractivity contribution in [3.63, 3.8) is 0 Å². The molecule has 15 heavy (non-hydrogen) atoms. The van der Waals surface area contributed by atoms with Gasteiger partial charge in [0.2, 0.25) is 0 Å². The van der Waals surface area contributed by atoms with Gasteiger partial charge < -0.3 is 5.73 Å². The van der Waals surface area contributed by atoms with Crippen LogP contribution in [0.25, 0.3) is 0 Å². The molecule has 0 aromatic rings. The average molecular weight is 208 g/mol. The molecule has 4 atom stereocenters. The van der Waals surface area contributed by atoms with E-state index in [1.54, 1.807) is 0 Å². The van der Waals surface area contributed by atoms with E-state index in [1.807, 2.05) is 6.92 Å². The highest BCUT2D eigenvalue weighted by molar-refractivity contribution is 5.05. The Kier molecular flexibility index (Phi) is 4.19. The van der Waals surface area contributed by atoms with Gasteiger partial charge in [-0.05, 0) is 38.0 Å². The summed E-state index contributed by atoms with van der Waals surface area (Å²) in [7, 11) is 0. The largest absolute Gasteiger partial charge is 0.329 e. The Morgan fingerprint density at radius 1 is 1.60 bits per heavy atom. The summed E-state index contributed by atoms with van der Waals surface area (Å²) in [5.74, 6) is 4.17. The Labute approximate surface area is 94.0 Å². The van der Waals surface area contributed by atoms with Crippen LogP contribution >= 0.6 is 0 Å². The molecule has 4 unspecified atom stereocenters. The summed E-state index contributed by atoms with van der Waals surface area (Å²) in [6.07, 6.45) is 9.08. The first-order valence-corrected chi connectivity index (χ1v) is 5.98. The van der Waals surface area contributed by atoms with Crippen molar-refractivity contribution in [2.24, 2.45) is 17.6 Å². The predicted octanol–water partition coefficient (Wildman–Crippen LogP) is 1.75. The summed E-state index contributed by atoms with van der Waals surface area (Å²) >= 11 is 0. The number of rotatable bonds is 3. The van der Waals surface area contributed by atoms with E-state index >= 15 is 0 Å². The Bertz CT molecular complexity index is 243. The first kappa shape index (κ1) is 12.5. The third kappa shape index (κ3) is 2.74. The third-order valence-corrected chi connectivity index (χ3v) is 3.90. The molecule has 86 valence electrons. The molecule has 0 radical (unpaired) electrons. The second kappa shape index (κ2) is 5.01. The lowest BCUT2D eigenvalue weighted by Gasteiger charge is -2.45. The molecule has 0 amide bonds. The molecule has 0 heterocycles. The van der Waals surface area contributed by atoms with Crippen LogP contribution in [-0.2, 0) is 0 Å². The fourth-order valence-electron chi connectivity index (χ4n) is 2.75. The topological polar surface area (TPSA) is 38.0 Å². The molecule has 1 aliphatic carbocycles. The van der Waals surface area contributed by atoms with Crippen LogP contribution in [0.3, 0.4) is 0 Å². The van der Waals surface area contributed by atoms with Crippen LogP contribution in [0, 0.1) is 24.2 Å². The zero-order valence-electron chi connectivity index (χ0n) is 10.2. The average Bonchev–Trinajstić information content (AvgIpc) is 2.22. The first-order valence-electron chi connectivity index (χ1n) is 5.98. The van der Waals surface area contributed by atoms with E-state index in [0.29, 0.717) is 12.5 Å². The summed E-state index contributed by atoms with van der Waals surface area (Å²) in [6, 6.07) is 0.115. The van der Waals surface area contributed by atoms with E-state index in [1.165, 1.54) is 12.8 Å². The molecule has 1 aliphatic rings. The molecule has 1 fully saturated rings. The minimum Gasteiger partial charge on any atom is -0.329 e. The second-order valence-corrected chi connectivity index (χ2v) is 5.17. The van der Waals surface area contributed by atoms with Crippen molar-refractivity contribution >= 4 is 0 Å². The number of hydrogen-bond donors (Lipinski definition) is 2. The number of hydrogen-bond acceptors (Lipinski definition) is 2. The molecule has 0 bridgehead atoms. The van der Waals surface area contributed by atoms with Gasteiger partial charge in [0.25, 0.3) is 0 Å². The maximum Gasteiger partial charge on any atom is 0.0663 e. The maximum atomic E-state index is 5.95. The standard InChI is InChI=1S/C13H24N2/c1-5-12(4)15-13(9-14)7-6-10(2)8-11(13)3/h1,10-12,15H,6-9,14H2,2-4H3. The van der Waals surface area contributed by atoms with Crippen molar-refractivity contribution in [1.29, 1.82) is 0 Å². The summed E-state index contributed by atoms with van der Waals surface area (Å²) < 4.78 is 0. The predicted molar refractivity (Wildman–Crippen MR) is 65.4 cm³/mol. The van der Waals surface area contributed by atoms with Gasteiger partial charge in [0.1, 0.15) is 0 Å². The van der Waals surface area contributed by atoms with Gasteiger partial charge in [0, 0.05) is 12.1 Å². The molecule has 0 saturated heterocycles. The number of nitrogens with one attached hydrogen (secondary N) is 1. The number of terminal acetylenes is 1. The summed E-state index contributed by atoms with van der Waals surface area (Å²) in [5.41, 5.74) is 6.01. The van der Waals surface area contributed by atoms with E-state index in [0.717, 1.165) is 12.3 Å². The van der Waals surface area contributed by atoms with Crippen LogP contribution in [0.4, 0.5) is 0 Å². The zero-order valence-corrected chi connectivity index (χ0v) is 10.2. The van der Waals surface area contributed by atoms with Gasteiger partial charge in [0.15, 0.2) is 0 Å². The summed E-state index contributed by atoms with van der Waals surface area (Å²) in [5, 5.41) is 3.54. The maximum absolute atomic E-state index is 5.95. The van der Waals surface area contributed by atoms with Gasteiger partial charge in [0.05, 0.1) is 6.04 Å². The van der Waals surface area contributed by atoms with E-state index < -0.39 is 0 Å². The summed E-state index contributed by atoms with van der Waals surface area (Å²) in [6.45, 7) is 7.33. The number of nitrogens with two attached hydrogens (primary N) is 1. The molecular formula is C13H24N2. The quantitative estimate of drug-likeness (QED) is 0.694. The summed E-state index contributed by atoms with van der Waals surface area (Å²) in [4.78, 5) is 0. The fourth-order valence-corrected chi connectivity index (χ4v) is 2.75. The van der Waals surface area contributed by atoms with E-state index in [-0.39, 0.29) is 11.6 Å². The lowest BCUT2D eigenvalue weighted by atomic mass is 9.69. The Hall–Kier alpha value is -0.520. The molecule has 2 nitrogen and oxygen atoms in total. The van der Waals surface area contributed by atoms with Gasteiger partial charge in [-0.15, -0.1) is 6.42 Å². The van der Waals surface area contributed by atoms with Crippen LogP contribution in [0.15, 0.2) is 0 Å². The SMILES string of the molecule is C#CC(C)NC1(CN)CCC(C)CC1C. The van der Waals surface area contributed by atoms with Crippen molar-refractivity contribution in [1.82, 2.24) is 5.32 Å². The van der Waals surface area contributed by atoms with Crippen LogP contribution < -0.4 is 11.1 Å². The van der Waals surface area contributed by atoms with Crippen molar-refractivity contribution in [3.8, 4) is 12.3 Å². The highest BCUT2D eigenvalue weighted by Crippen LogP contribution is 2.36. The molecular weight excluding hydrogens is 184 g/mol. The highest BCUT2D eigenvalue weighted by atomic mass is 15.0. The Morgan fingerprint density at radius 3 is 2.73 bits per heavy atom. The molecule has 0 aromatic carbocycles. The third-order valence-electron chi connectivity index (χ3n) is 3.90. The van der Waals surface area contributed by atoms with Crippen molar-refractivity contribution in [3.05, 3.63) is 0 Å². The van der Waals surface area contributed by atoms with Gasteiger partial charge in [-0.25, -0.2) is 0 Å². The molecule has 0 aliphatic heterocycles. The second-order valence-electron chi connectivity index (χ2n) is 5.17. The van der Waals surface area contributed by atoms with E-state index in [2.05, 4.69) is 25.1 Å². The Balaban J connectivity index is 2.71. The van der Waals surface area contributed by atoms with Gasteiger partial charge in [-0.2, -0.15) is 0 Å². The monoisotopic (exact) mass is 208 g/mol. The lowest BCUT2D eigenvalue weighted by molar-refractivity contribution is 0.125. The van der Waals surface area contributed by atoms with Crippen LogP contribution in [0.1, 0.15) is 40.0 Å². The Morgan fingerprint density at radius 2 is 2.27 bits per heavy atom. The van der Waals surface area contributed by atoms with Crippen molar-refractivity contribution < 1.29 is 0 Å². The minimum absolute atomic E-state index is 0.0678. The van der Waals surface area contributed by atoms with Crippen molar-refractivity contribution in [2.45, 2.75) is 51.6 Å². The molecule has 3 N–H and O–H groups in total. The van der Waals surface area contributed by atoms with Crippen LogP contribution in [-0.4, -0.2) is 18.1 Å². The zero-order chi connectivity index (χ0) is 11.5.